The maximum absolute atomic E-state index is 10.1. The molecule has 0 spiro atoms. The zero-order valence-electron chi connectivity index (χ0n) is 12.1. The number of rotatable bonds is 5. The van der Waals surface area contributed by atoms with Gasteiger partial charge in [0.25, 0.3) is 0 Å². The Kier molecular flexibility index (Phi) is 5.14. The Bertz CT molecular complexity index is 266. The van der Waals surface area contributed by atoms with Crippen LogP contribution < -0.4 is 0 Å². The molecule has 1 rings (SSSR count). The fraction of sp³-hybridized carbons (Fsp3) is 1.00. The first-order valence-electron chi connectivity index (χ1n) is 6.44. The third-order valence-electron chi connectivity index (χ3n) is 3.34. The molecule has 1 saturated heterocycles. The van der Waals surface area contributed by atoms with Gasteiger partial charge in [-0.1, -0.05) is 0 Å². The van der Waals surface area contributed by atoms with Crippen molar-refractivity contribution >= 4 is 0 Å². The maximum atomic E-state index is 10.1. The van der Waals surface area contributed by atoms with Gasteiger partial charge in [0.2, 0.25) is 6.41 Å². The molecule has 1 unspecified atom stereocenters. The summed E-state index contributed by atoms with van der Waals surface area (Å²) in [6, 6.07) is 0.157. The van der Waals surface area contributed by atoms with E-state index >= 15 is 0 Å². The zero-order valence-corrected chi connectivity index (χ0v) is 12.1. The number of hydrogen-bond acceptors (Lipinski definition) is 5. The van der Waals surface area contributed by atoms with Crippen LogP contribution in [-0.2, 0) is 9.47 Å². The summed E-state index contributed by atoms with van der Waals surface area (Å²) in [6.45, 7) is 8.89. The van der Waals surface area contributed by atoms with Crippen LogP contribution in [0.1, 0.15) is 34.1 Å². The topological polar surface area (TPSA) is 62.2 Å². The number of aliphatic hydroxyl groups is 2. The van der Waals surface area contributed by atoms with E-state index in [1.165, 1.54) is 0 Å². The van der Waals surface area contributed by atoms with Crippen LogP contribution in [0.25, 0.3) is 0 Å². The minimum absolute atomic E-state index is 0.0594. The third-order valence-corrected chi connectivity index (χ3v) is 3.34. The van der Waals surface area contributed by atoms with Crippen LogP contribution in [0.15, 0.2) is 0 Å². The van der Waals surface area contributed by atoms with E-state index in [9.17, 15) is 10.2 Å². The molecule has 18 heavy (non-hydrogen) atoms. The van der Waals surface area contributed by atoms with Gasteiger partial charge in [-0.05, 0) is 34.1 Å². The third kappa shape index (κ3) is 3.90. The Hall–Kier alpha value is -0.200. The monoisotopic (exact) mass is 261 g/mol. The molecule has 0 amide bonds. The lowest BCUT2D eigenvalue weighted by atomic mass is 9.88. The molecule has 0 saturated carbocycles. The van der Waals surface area contributed by atoms with Gasteiger partial charge in [-0.15, -0.1) is 0 Å². The van der Waals surface area contributed by atoms with E-state index < -0.39 is 12.0 Å². The Morgan fingerprint density at radius 1 is 1.44 bits per heavy atom. The predicted molar refractivity (Wildman–Crippen MR) is 69.0 cm³/mol. The summed E-state index contributed by atoms with van der Waals surface area (Å²) in [6.07, 6.45) is -0.146. The summed E-state index contributed by atoms with van der Waals surface area (Å²) < 4.78 is 10.8. The molecule has 0 radical (unpaired) electrons. The summed E-state index contributed by atoms with van der Waals surface area (Å²) in [4.78, 5) is 1.88. The van der Waals surface area contributed by atoms with Crippen LogP contribution in [0.5, 0.6) is 0 Å². The first-order valence-corrected chi connectivity index (χ1v) is 6.44. The van der Waals surface area contributed by atoms with Gasteiger partial charge in [-0.2, -0.15) is 0 Å². The van der Waals surface area contributed by atoms with Gasteiger partial charge >= 0.3 is 0 Å². The number of aliphatic hydroxyl groups excluding tert-OH is 2. The minimum Gasteiger partial charge on any atom is -0.396 e. The molecule has 1 aliphatic rings. The molecule has 1 fully saturated rings. The summed E-state index contributed by atoms with van der Waals surface area (Å²) in [5, 5.41) is 19.7. The van der Waals surface area contributed by atoms with E-state index in [2.05, 4.69) is 0 Å². The maximum Gasteiger partial charge on any atom is 0.216 e. The lowest BCUT2D eigenvalue weighted by molar-refractivity contribution is -0.243. The minimum atomic E-state index is -0.940. The molecular weight excluding hydrogens is 234 g/mol. The fourth-order valence-electron chi connectivity index (χ4n) is 2.60. The first kappa shape index (κ1) is 15.9. The second kappa shape index (κ2) is 5.84. The number of likely N-dealkylation sites (tertiary alicyclic amines) is 1. The quantitative estimate of drug-likeness (QED) is 0.717. The number of hydrogen-bond donors (Lipinski definition) is 2. The second-order valence-electron chi connectivity index (χ2n) is 6.37. The number of ether oxygens (including phenoxy) is 2. The van der Waals surface area contributed by atoms with Crippen LogP contribution in [0.3, 0.4) is 0 Å². The number of methoxy groups -OCH3 is 1. The Morgan fingerprint density at radius 3 is 2.50 bits per heavy atom. The van der Waals surface area contributed by atoms with E-state index in [0.29, 0.717) is 13.2 Å². The van der Waals surface area contributed by atoms with Crippen molar-refractivity contribution in [1.29, 1.82) is 0 Å². The SMILES string of the molecule is COCC1(CO)C[C@@H](C)N([C@H](O)OC(C)(C)C)C1. The van der Waals surface area contributed by atoms with Crippen LogP contribution >= 0.6 is 0 Å². The average molecular weight is 261 g/mol. The molecule has 0 aromatic carbocycles. The standard InChI is InChI=1S/C13H27NO4/c1-10-6-13(8-15,9-17-5)7-14(10)11(16)18-12(2,3)4/h10-11,15-16H,6-9H2,1-5H3/t10-,11-,13?/m1/s1. The highest BCUT2D eigenvalue weighted by atomic mass is 16.6. The summed E-state index contributed by atoms with van der Waals surface area (Å²) in [5.74, 6) is 0. The van der Waals surface area contributed by atoms with E-state index in [1.807, 2.05) is 32.6 Å². The fourth-order valence-corrected chi connectivity index (χ4v) is 2.60. The van der Waals surface area contributed by atoms with E-state index in [1.54, 1.807) is 7.11 Å². The van der Waals surface area contributed by atoms with E-state index in [4.69, 9.17) is 9.47 Å². The van der Waals surface area contributed by atoms with Gasteiger partial charge in [0.05, 0.1) is 18.8 Å². The van der Waals surface area contributed by atoms with Gasteiger partial charge in [-0.25, -0.2) is 0 Å². The van der Waals surface area contributed by atoms with Gasteiger partial charge in [-0.3, -0.25) is 4.90 Å². The molecule has 0 aromatic heterocycles. The Labute approximate surface area is 110 Å². The summed E-state index contributed by atoms with van der Waals surface area (Å²) in [5.41, 5.74) is -0.693. The van der Waals surface area contributed by atoms with Crippen LogP contribution in [0.2, 0.25) is 0 Å². The van der Waals surface area contributed by atoms with Gasteiger partial charge in [0.15, 0.2) is 0 Å². The highest BCUT2D eigenvalue weighted by Crippen LogP contribution is 2.36. The van der Waals surface area contributed by atoms with Crippen LogP contribution in [-0.4, -0.2) is 60.0 Å². The van der Waals surface area contributed by atoms with E-state index in [-0.39, 0.29) is 18.1 Å². The van der Waals surface area contributed by atoms with Crippen molar-refractivity contribution in [3.63, 3.8) is 0 Å². The molecule has 2 N–H and O–H groups in total. The van der Waals surface area contributed by atoms with Crippen LogP contribution in [0.4, 0.5) is 0 Å². The van der Waals surface area contributed by atoms with Crippen molar-refractivity contribution in [3.8, 4) is 0 Å². The molecule has 108 valence electrons. The van der Waals surface area contributed by atoms with Crippen molar-refractivity contribution in [2.45, 2.75) is 52.2 Å². The molecular formula is C13H27NO4. The Balaban J connectivity index is 2.68. The zero-order chi connectivity index (χ0) is 14.0. The van der Waals surface area contributed by atoms with Crippen molar-refractivity contribution in [1.82, 2.24) is 4.90 Å². The van der Waals surface area contributed by atoms with Crippen molar-refractivity contribution in [2.24, 2.45) is 5.41 Å². The smallest absolute Gasteiger partial charge is 0.216 e. The van der Waals surface area contributed by atoms with Gasteiger partial charge in [0, 0.05) is 25.1 Å². The first-order chi connectivity index (χ1) is 8.23. The van der Waals surface area contributed by atoms with Crippen molar-refractivity contribution in [3.05, 3.63) is 0 Å². The molecule has 5 nitrogen and oxygen atoms in total. The average Bonchev–Trinajstić information content (AvgIpc) is 2.55. The highest BCUT2D eigenvalue weighted by Gasteiger charge is 2.45. The molecule has 0 aromatic rings. The van der Waals surface area contributed by atoms with Gasteiger partial charge in [0.1, 0.15) is 0 Å². The lowest BCUT2D eigenvalue weighted by Gasteiger charge is -2.33. The summed E-state index contributed by atoms with van der Waals surface area (Å²) >= 11 is 0. The Morgan fingerprint density at radius 2 is 2.06 bits per heavy atom. The second-order valence-corrected chi connectivity index (χ2v) is 6.37. The van der Waals surface area contributed by atoms with E-state index in [0.717, 1.165) is 6.42 Å². The number of nitrogens with zero attached hydrogens (tertiary/aromatic N) is 1. The van der Waals surface area contributed by atoms with Crippen molar-refractivity contribution < 1.29 is 19.7 Å². The molecule has 1 heterocycles. The summed E-state index contributed by atoms with van der Waals surface area (Å²) in [7, 11) is 1.63. The molecule has 0 aliphatic carbocycles. The normalized spacial score (nSPS) is 31.8. The predicted octanol–water partition coefficient (Wildman–Crippen LogP) is 0.797. The largest absolute Gasteiger partial charge is 0.396 e. The van der Waals surface area contributed by atoms with Crippen LogP contribution in [0, 0.1) is 5.41 Å². The molecule has 1 aliphatic heterocycles. The van der Waals surface area contributed by atoms with Crippen molar-refractivity contribution in [2.75, 3.05) is 26.9 Å². The highest BCUT2D eigenvalue weighted by molar-refractivity contribution is 4.94. The van der Waals surface area contributed by atoms with Gasteiger partial charge < -0.3 is 19.7 Å². The molecule has 0 bridgehead atoms. The molecule has 3 atom stereocenters. The lowest BCUT2D eigenvalue weighted by Crippen LogP contribution is -2.45. The molecule has 5 heteroatoms.